The van der Waals surface area contributed by atoms with Gasteiger partial charge in [-0.15, -0.1) is 0 Å². The van der Waals surface area contributed by atoms with Gasteiger partial charge >= 0.3 is 5.97 Å². The minimum absolute atomic E-state index is 0. The van der Waals surface area contributed by atoms with Crippen LogP contribution in [0.4, 0.5) is 0 Å². The van der Waals surface area contributed by atoms with E-state index in [-0.39, 0.29) is 39.0 Å². The van der Waals surface area contributed by atoms with Gasteiger partial charge in [0.25, 0.3) is 6.47 Å². The predicted molar refractivity (Wildman–Crippen MR) is 71.3 cm³/mol. The van der Waals surface area contributed by atoms with E-state index in [1.54, 1.807) is 0 Å². The number of rotatable bonds is 7. The van der Waals surface area contributed by atoms with Crippen molar-refractivity contribution < 1.29 is 24.5 Å². The van der Waals surface area contributed by atoms with E-state index in [0.29, 0.717) is 5.92 Å². The molecule has 110 valence electrons. The maximum absolute atomic E-state index is 11.3. The normalized spacial score (nSPS) is 12.2. The van der Waals surface area contributed by atoms with E-state index >= 15 is 0 Å². The molecule has 2 unspecified atom stereocenters. The van der Waals surface area contributed by atoms with Crippen LogP contribution in [0.2, 0.25) is 0 Å². The maximum Gasteiger partial charge on any atom is 0.308 e. The molecule has 0 radical (unpaired) electrons. The second kappa shape index (κ2) is 15.9. The van der Waals surface area contributed by atoms with Crippen LogP contribution in [0.1, 0.15) is 47.5 Å². The van der Waals surface area contributed by atoms with Crippen molar-refractivity contribution in [3.05, 3.63) is 0 Å². The van der Waals surface area contributed by atoms with Crippen LogP contribution in [0.3, 0.4) is 0 Å². The smallest absolute Gasteiger partial charge is 0.308 e. The number of ether oxygens (including phenoxy) is 1. The quantitative estimate of drug-likeness (QED) is 0.544. The van der Waals surface area contributed by atoms with Crippen LogP contribution in [0.15, 0.2) is 0 Å². The highest BCUT2D eigenvalue weighted by atomic mass is 16.5. The molecule has 0 fully saturated rings. The van der Waals surface area contributed by atoms with E-state index < -0.39 is 0 Å². The Hall–Kier alpha value is -1.10. The summed E-state index contributed by atoms with van der Waals surface area (Å²) in [7, 11) is 0. The Labute approximate surface area is 110 Å². The number of aliphatic hydroxyl groups excluding tert-OH is 1. The van der Waals surface area contributed by atoms with Crippen LogP contribution in [0.25, 0.3) is 0 Å². The molecule has 2 N–H and O–H groups in total. The lowest BCUT2D eigenvalue weighted by Gasteiger charge is -2.13. The molecule has 0 saturated heterocycles. The molecule has 0 heterocycles. The van der Waals surface area contributed by atoms with E-state index in [9.17, 15) is 4.79 Å². The van der Waals surface area contributed by atoms with Crippen LogP contribution < -0.4 is 0 Å². The molecule has 0 rings (SSSR count). The van der Waals surface area contributed by atoms with Crippen molar-refractivity contribution >= 4 is 12.4 Å². The van der Waals surface area contributed by atoms with Crippen molar-refractivity contribution in [2.24, 2.45) is 11.8 Å². The monoisotopic (exact) mass is 264 g/mol. The Morgan fingerprint density at radius 2 is 1.83 bits per heavy atom. The molecule has 0 aliphatic rings. The second-order valence-electron chi connectivity index (χ2n) is 3.99. The molecule has 18 heavy (non-hydrogen) atoms. The summed E-state index contributed by atoms with van der Waals surface area (Å²) in [5.41, 5.74) is 0. The largest absolute Gasteiger partial charge is 0.483 e. The third kappa shape index (κ3) is 14.9. The van der Waals surface area contributed by atoms with Gasteiger partial charge < -0.3 is 14.9 Å². The fourth-order valence-electron chi connectivity index (χ4n) is 1.14. The van der Waals surface area contributed by atoms with Gasteiger partial charge in [0.15, 0.2) is 0 Å². The van der Waals surface area contributed by atoms with Gasteiger partial charge in [0.1, 0.15) is 6.61 Å². The molecule has 0 aromatic rings. The van der Waals surface area contributed by atoms with Crippen molar-refractivity contribution in [1.29, 1.82) is 0 Å². The average Bonchev–Trinajstić information content (AvgIpc) is 2.33. The first-order valence-electron chi connectivity index (χ1n) is 5.88. The zero-order chi connectivity index (χ0) is 13.7. The van der Waals surface area contributed by atoms with Crippen molar-refractivity contribution in [3.8, 4) is 0 Å². The first kappa shape index (κ1) is 22.1. The van der Waals surface area contributed by atoms with E-state index in [1.165, 1.54) is 0 Å². The minimum atomic E-state index is -0.250. The Morgan fingerprint density at radius 3 is 2.22 bits per heavy atom. The molecule has 0 spiro atoms. The first-order chi connectivity index (χ1) is 8.03. The van der Waals surface area contributed by atoms with E-state index in [2.05, 4.69) is 13.8 Å². The van der Waals surface area contributed by atoms with Crippen molar-refractivity contribution in [2.75, 3.05) is 13.2 Å². The van der Waals surface area contributed by atoms with Crippen molar-refractivity contribution in [3.63, 3.8) is 0 Å². The number of carboxylic acid groups (broad SMARTS) is 1. The number of aliphatic hydroxyl groups is 1. The lowest BCUT2D eigenvalue weighted by atomic mass is 9.96. The van der Waals surface area contributed by atoms with Gasteiger partial charge in [-0.1, -0.05) is 34.6 Å². The molecule has 2 atom stereocenters. The number of esters is 1. The van der Waals surface area contributed by atoms with E-state index in [4.69, 9.17) is 19.7 Å². The molecule has 0 saturated carbocycles. The molecule has 0 bridgehead atoms. The van der Waals surface area contributed by atoms with Crippen LogP contribution >= 0.6 is 0 Å². The average molecular weight is 264 g/mol. The fourth-order valence-corrected chi connectivity index (χ4v) is 1.14. The number of carbonyl (C=O) groups is 2. The van der Waals surface area contributed by atoms with Gasteiger partial charge in [0.2, 0.25) is 0 Å². The summed E-state index contributed by atoms with van der Waals surface area (Å²) in [4.78, 5) is 19.6. The van der Waals surface area contributed by atoms with Crippen molar-refractivity contribution in [1.82, 2.24) is 0 Å². The van der Waals surface area contributed by atoms with Crippen LogP contribution in [-0.4, -0.2) is 35.9 Å². The first-order valence-corrected chi connectivity index (χ1v) is 5.88. The van der Waals surface area contributed by atoms with Gasteiger partial charge in [-0.3, -0.25) is 9.59 Å². The predicted octanol–water partition coefficient (Wildman–Crippen LogP) is 2.32. The molecular formula is C13H28O5. The molecular weight excluding hydrogens is 236 g/mol. The Bertz CT molecular complexity index is 194. The minimum Gasteiger partial charge on any atom is -0.483 e. The Kier molecular flexibility index (Phi) is 19.5. The highest BCUT2D eigenvalue weighted by Gasteiger charge is 2.14. The van der Waals surface area contributed by atoms with Crippen molar-refractivity contribution in [2.45, 2.75) is 47.5 Å². The zero-order valence-electron chi connectivity index (χ0n) is 10.9. The van der Waals surface area contributed by atoms with Gasteiger partial charge in [0.05, 0.1) is 12.5 Å². The van der Waals surface area contributed by atoms with Gasteiger partial charge in [-0.25, -0.2) is 0 Å². The van der Waals surface area contributed by atoms with Crippen LogP contribution in [0.5, 0.6) is 0 Å². The maximum atomic E-state index is 11.3. The summed E-state index contributed by atoms with van der Waals surface area (Å²) in [6.07, 6.45) is 3.09. The summed E-state index contributed by atoms with van der Waals surface area (Å²) in [6.45, 7) is 5.99. The summed E-state index contributed by atoms with van der Waals surface area (Å²) in [6, 6.07) is 0. The molecule has 5 nitrogen and oxygen atoms in total. The summed E-state index contributed by atoms with van der Waals surface area (Å²) in [5, 5.41) is 15.4. The fraction of sp³-hybridized carbons (Fsp3) is 0.846. The third-order valence-electron chi connectivity index (χ3n) is 2.53. The SMILES string of the molecule is C.CCC(C)CCC(C)C(=O)OCCO.O=CO. The standard InChI is InChI=1S/C11H22O3.CH2O2.CH4/c1-4-9(2)5-6-10(3)11(13)14-8-7-12;2-1-3;/h9-10,12H,4-8H2,1-3H3;1H,(H,2,3);1H4. The summed E-state index contributed by atoms with van der Waals surface area (Å²) < 4.78 is 4.83. The lowest BCUT2D eigenvalue weighted by molar-refractivity contribution is -0.149. The molecule has 0 aromatic carbocycles. The van der Waals surface area contributed by atoms with Gasteiger partial charge in [0, 0.05) is 0 Å². The van der Waals surface area contributed by atoms with Crippen LogP contribution in [0, 0.1) is 11.8 Å². The molecule has 5 heteroatoms. The highest BCUT2D eigenvalue weighted by Crippen LogP contribution is 2.15. The van der Waals surface area contributed by atoms with Gasteiger partial charge in [-0.05, 0) is 18.8 Å². The van der Waals surface area contributed by atoms with E-state index in [1.807, 2.05) is 6.92 Å². The Morgan fingerprint density at radius 1 is 1.33 bits per heavy atom. The number of hydrogen-bond acceptors (Lipinski definition) is 4. The summed E-state index contributed by atoms with van der Waals surface area (Å²) in [5.74, 6) is 0.431. The molecule has 0 aliphatic carbocycles. The molecule has 0 aliphatic heterocycles. The number of hydrogen-bond donors (Lipinski definition) is 2. The highest BCUT2D eigenvalue weighted by molar-refractivity contribution is 5.71. The zero-order valence-corrected chi connectivity index (χ0v) is 10.9. The topological polar surface area (TPSA) is 83.8 Å². The molecule has 0 aromatic heterocycles. The van der Waals surface area contributed by atoms with E-state index in [0.717, 1.165) is 19.3 Å². The third-order valence-corrected chi connectivity index (χ3v) is 2.53. The molecule has 0 amide bonds. The summed E-state index contributed by atoms with van der Waals surface area (Å²) >= 11 is 0. The number of carbonyl (C=O) groups excluding carboxylic acids is 1. The lowest BCUT2D eigenvalue weighted by Crippen LogP contribution is -2.17. The van der Waals surface area contributed by atoms with Gasteiger partial charge in [-0.2, -0.15) is 0 Å². The second-order valence-corrected chi connectivity index (χ2v) is 3.99. The van der Waals surface area contributed by atoms with Crippen LogP contribution in [-0.2, 0) is 14.3 Å². The Balaban J connectivity index is -0.000000507.